The fourth-order valence-corrected chi connectivity index (χ4v) is 3.72. The summed E-state index contributed by atoms with van der Waals surface area (Å²) in [5.74, 6) is 2.69. The molecule has 0 spiro atoms. The lowest BCUT2D eigenvalue weighted by Crippen LogP contribution is -2.25. The first-order valence-corrected chi connectivity index (χ1v) is 9.31. The minimum atomic E-state index is 0.388. The number of para-hydroxylation sites is 2. The van der Waals surface area contributed by atoms with E-state index in [2.05, 4.69) is 57.4 Å². The highest BCUT2D eigenvalue weighted by atomic mass is 16.5. The van der Waals surface area contributed by atoms with Gasteiger partial charge in [-0.2, -0.15) is 0 Å². The lowest BCUT2D eigenvalue weighted by Gasteiger charge is -2.24. The molecule has 0 saturated carbocycles. The lowest BCUT2D eigenvalue weighted by atomic mass is 10.1. The second kappa shape index (κ2) is 7.66. The van der Waals surface area contributed by atoms with E-state index < -0.39 is 0 Å². The molecule has 0 bridgehead atoms. The highest BCUT2D eigenvalue weighted by Crippen LogP contribution is 2.37. The Kier molecular flexibility index (Phi) is 4.92. The standard InChI is InChI=1S/C22H24N4O/c1-16-13-18-8-3-5-9-19(18)26(16)22-14-21(24-15-25-22)23-12-11-17-7-4-6-10-20(17)27-2/h3-10,14-16H,11-13H2,1-2H3,(H,23,24,25). The quantitative estimate of drug-likeness (QED) is 0.713. The van der Waals surface area contributed by atoms with Crippen LogP contribution in [0.3, 0.4) is 0 Å². The molecule has 1 unspecified atom stereocenters. The first-order chi connectivity index (χ1) is 13.3. The summed E-state index contributed by atoms with van der Waals surface area (Å²) in [5, 5.41) is 3.41. The van der Waals surface area contributed by atoms with Crippen LogP contribution in [0, 0.1) is 0 Å². The van der Waals surface area contributed by atoms with Gasteiger partial charge in [-0.1, -0.05) is 36.4 Å². The molecule has 0 amide bonds. The van der Waals surface area contributed by atoms with Crippen LogP contribution in [0.2, 0.25) is 0 Å². The molecule has 1 aliphatic heterocycles. The van der Waals surface area contributed by atoms with Gasteiger partial charge in [-0.05, 0) is 43.0 Å². The van der Waals surface area contributed by atoms with Crippen LogP contribution in [0.4, 0.5) is 17.3 Å². The molecular weight excluding hydrogens is 336 g/mol. The van der Waals surface area contributed by atoms with Crippen molar-refractivity contribution in [2.45, 2.75) is 25.8 Å². The zero-order valence-corrected chi connectivity index (χ0v) is 15.7. The van der Waals surface area contributed by atoms with Gasteiger partial charge < -0.3 is 15.0 Å². The first-order valence-electron chi connectivity index (χ1n) is 9.31. The summed E-state index contributed by atoms with van der Waals surface area (Å²) in [7, 11) is 1.71. The molecule has 1 aromatic heterocycles. The van der Waals surface area contributed by atoms with E-state index in [4.69, 9.17) is 4.74 Å². The summed E-state index contributed by atoms with van der Waals surface area (Å²) in [6.07, 6.45) is 3.54. The molecule has 27 heavy (non-hydrogen) atoms. The molecule has 0 aliphatic carbocycles. The Labute approximate surface area is 160 Å². The van der Waals surface area contributed by atoms with Gasteiger partial charge in [-0.25, -0.2) is 9.97 Å². The normalized spacial score (nSPS) is 15.5. The summed E-state index contributed by atoms with van der Waals surface area (Å²) in [5.41, 5.74) is 3.79. The van der Waals surface area contributed by atoms with Crippen LogP contribution in [-0.2, 0) is 12.8 Å². The molecular formula is C22H24N4O. The molecule has 1 aliphatic rings. The second-order valence-corrected chi connectivity index (χ2v) is 6.80. The van der Waals surface area contributed by atoms with E-state index in [9.17, 15) is 0 Å². The summed E-state index contributed by atoms with van der Waals surface area (Å²) in [6, 6.07) is 19.1. The van der Waals surface area contributed by atoms with Crippen molar-refractivity contribution in [3.8, 4) is 5.75 Å². The van der Waals surface area contributed by atoms with Gasteiger partial charge in [-0.15, -0.1) is 0 Å². The number of anilines is 3. The smallest absolute Gasteiger partial charge is 0.138 e. The molecule has 2 aromatic carbocycles. The van der Waals surface area contributed by atoms with Crippen molar-refractivity contribution in [2.24, 2.45) is 0 Å². The maximum Gasteiger partial charge on any atom is 0.138 e. The monoisotopic (exact) mass is 360 g/mol. The predicted molar refractivity (Wildman–Crippen MR) is 109 cm³/mol. The molecule has 138 valence electrons. The molecule has 1 N–H and O–H groups in total. The molecule has 4 rings (SSSR count). The Morgan fingerprint density at radius 2 is 1.93 bits per heavy atom. The number of aromatic nitrogens is 2. The molecule has 0 saturated heterocycles. The molecule has 5 heteroatoms. The van der Waals surface area contributed by atoms with Gasteiger partial charge in [0.1, 0.15) is 23.7 Å². The fourth-order valence-electron chi connectivity index (χ4n) is 3.72. The van der Waals surface area contributed by atoms with Crippen molar-refractivity contribution >= 4 is 17.3 Å². The summed E-state index contributed by atoms with van der Waals surface area (Å²) < 4.78 is 5.42. The Morgan fingerprint density at radius 1 is 1.11 bits per heavy atom. The average molecular weight is 360 g/mol. The van der Waals surface area contributed by atoms with Crippen LogP contribution < -0.4 is 15.0 Å². The fraction of sp³-hybridized carbons (Fsp3) is 0.273. The number of hydrogen-bond acceptors (Lipinski definition) is 5. The third-order valence-corrected chi connectivity index (χ3v) is 5.00. The van der Waals surface area contributed by atoms with E-state index in [0.29, 0.717) is 6.04 Å². The number of ether oxygens (including phenoxy) is 1. The minimum absolute atomic E-state index is 0.388. The third-order valence-electron chi connectivity index (χ3n) is 5.00. The lowest BCUT2D eigenvalue weighted by molar-refractivity contribution is 0.410. The SMILES string of the molecule is COc1ccccc1CCNc1cc(N2c3ccccc3CC2C)ncn1. The molecule has 0 radical (unpaired) electrons. The maximum atomic E-state index is 5.42. The van der Waals surface area contributed by atoms with Gasteiger partial charge in [0.05, 0.1) is 7.11 Å². The van der Waals surface area contributed by atoms with Crippen LogP contribution in [0.15, 0.2) is 60.9 Å². The van der Waals surface area contributed by atoms with E-state index in [1.807, 2.05) is 24.3 Å². The summed E-state index contributed by atoms with van der Waals surface area (Å²) >= 11 is 0. The van der Waals surface area contributed by atoms with Crippen molar-refractivity contribution in [3.63, 3.8) is 0 Å². The number of hydrogen-bond donors (Lipinski definition) is 1. The van der Waals surface area contributed by atoms with E-state index in [1.54, 1.807) is 13.4 Å². The number of nitrogens with one attached hydrogen (secondary N) is 1. The number of nitrogens with zero attached hydrogens (tertiary/aromatic N) is 3. The maximum absolute atomic E-state index is 5.42. The number of benzene rings is 2. The average Bonchev–Trinajstić information content (AvgIpc) is 3.04. The third kappa shape index (κ3) is 3.58. The highest BCUT2D eigenvalue weighted by Gasteiger charge is 2.27. The van der Waals surface area contributed by atoms with Gasteiger partial charge in [-0.3, -0.25) is 0 Å². The van der Waals surface area contributed by atoms with Crippen molar-refractivity contribution in [2.75, 3.05) is 23.9 Å². The zero-order valence-electron chi connectivity index (χ0n) is 15.7. The molecule has 2 heterocycles. The molecule has 0 fully saturated rings. The Morgan fingerprint density at radius 3 is 2.81 bits per heavy atom. The van der Waals surface area contributed by atoms with Crippen molar-refractivity contribution < 1.29 is 4.74 Å². The van der Waals surface area contributed by atoms with Crippen LogP contribution in [-0.4, -0.2) is 29.7 Å². The van der Waals surface area contributed by atoms with Crippen LogP contribution in [0.5, 0.6) is 5.75 Å². The highest BCUT2D eigenvalue weighted by molar-refractivity contribution is 5.69. The molecule has 5 nitrogen and oxygen atoms in total. The van der Waals surface area contributed by atoms with E-state index in [-0.39, 0.29) is 0 Å². The van der Waals surface area contributed by atoms with Gasteiger partial charge in [0.15, 0.2) is 0 Å². The summed E-state index contributed by atoms with van der Waals surface area (Å²) in [4.78, 5) is 11.2. The first kappa shape index (κ1) is 17.3. The van der Waals surface area contributed by atoms with Crippen LogP contribution in [0.1, 0.15) is 18.1 Å². The number of methoxy groups -OCH3 is 1. The molecule has 3 aromatic rings. The Balaban J connectivity index is 1.47. The van der Waals surface area contributed by atoms with Crippen LogP contribution in [0.25, 0.3) is 0 Å². The van der Waals surface area contributed by atoms with Gasteiger partial charge >= 0.3 is 0 Å². The van der Waals surface area contributed by atoms with E-state index in [1.165, 1.54) is 16.8 Å². The minimum Gasteiger partial charge on any atom is -0.496 e. The van der Waals surface area contributed by atoms with E-state index >= 15 is 0 Å². The topological polar surface area (TPSA) is 50.3 Å². The van der Waals surface area contributed by atoms with Gasteiger partial charge in [0.2, 0.25) is 0 Å². The van der Waals surface area contributed by atoms with Gasteiger partial charge in [0.25, 0.3) is 0 Å². The number of rotatable bonds is 6. The van der Waals surface area contributed by atoms with Crippen LogP contribution >= 0.6 is 0 Å². The predicted octanol–water partition coefficient (Wildman–Crippen LogP) is 4.22. The van der Waals surface area contributed by atoms with E-state index in [0.717, 1.165) is 36.8 Å². The van der Waals surface area contributed by atoms with Crippen molar-refractivity contribution in [1.29, 1.82) is 0 Å². The Bertz CT molecular complexity index is 927. The Hall–Kier alpha value is -3.08. The van der Waals surface area contributed by atoms with Gasteiger partial charge in [0, 0.05) is 24.3 Å². The molecule has 1 atom stereocenters. The zero-order chi connectivity index (χ0) is 18.6. The number of fused-ring (bicyclic) bond motifs is 1. The van der Waals surface area contributed by atoms with Crippen molar-refractivity contribution in [1.82, 2.24) is 9.97 Å². The van der Waals surface area contributed by atoms with Crippen molar-refractivity contribution in [3.05, 3.63) is 72.1 Å². The second-order valence-electron chi connectivity index (χ2n) is 6.80. The summed E-state index contributed by atoms with van der Waals surface area (Å²) in [6.45, 7) is 3.01. The largest absolute Gasteiger partial charge is 0.496 e.